The van der Waals surface area contributed by atoms with Gasteiger partial charge < -0.3 is 35.3 Å². The summed E-state index contributed by atoms with van der Waals surface area (Å²) in [5, 5.41) is 38.5. The van der Waals surface area contributed by atoms with Crippen LogP contribution in [-0.2, 0) is 4.74 Å². The van der Waals surface area contributed by atoms with E-state index in [0.717, 1.165) is 23.4 Å². The first kappa shape index (κ1) is 16.9. The van der Waals surface area contributed by atoms with Crippen molar-refractivity contribution in [3.05, 3.63) is 6.20 Å². The molecular weight excluding hydrogens is 346 g/mol. The molecule has 10 heteroatoms. The van der Waals surface area contributed by atoms with Gasteiger partial charge in [0, 0.05) is 19.3 Å². The zero-order chi connectivity index (χ0) is 17.8. The third-order valence-corrected chi connectivity index (χ3v) is 5.30. The van der Waals surface area contributed by atoms with E-state index in [1.165, 1.54) is 18.7 Å². The first-order chi connectivity index (χ1) is 12.0. The molecule has 9 nitrogen and oxygen atoms in total. The van der Waals surface area contributed by atoms with Crippen molar-refractivity contribution >= 4 is 34.3 Å². The van der Waals surface area contributed by atoms with Crippen molar-refractivity contribution in [3.63, 3.8) is 0 Å². The molecule has 2 aromatic rings. The van der Waals surface area contributed by atoms with Gasteiger partial charge >= 0.3 is 0 Å². The number of aliphatic hydroxyl groups is 3. The molecule has 136 valence electrons. The van der Waals surface area contributed by atoms with Gasteiger partial charge in [0.05, 0.1) is 17.7 Å². The Hall–Kier alpha value is -1.59. The highest BCUT2D eigenvalue weighted by molar-refractivity contribution is 7.98. The van der Waals surface area contributed by atoms with Crippen molar-refractivity contribution in [1.29, 1.82) is 0 Å². The van der Waals surface area contributed by atoms with Crippen LogP contribution in [0, 0.1) is 0 Å². The average Bonchev–Trinajstić information content (AvgIpc) is 2.96. The highest BCUT2D eigenvalue weighted by Crippen LogP contribution is 2.42. The van der Waals surface area contributed by atoms with E-state index in [1.54, 1.807) is 4.57 Å². The monoisotopic (exact) mass is 367 g/mol. The van der Waals surface area contributed by atoms with Crippen molar-refractivity contribution in [2.75, 3.05) is 36.6 Å². The van der Waals surface area contributed by atoms with Gasteiger partial charge in [-0.15, -0.1) is 0 Å². The summed E-state index contributed by atoms with van der Waals surface area (Å²) in [4.78, 5) is 9.11. The summed E-state index contributed by atoms with van der Waals surface area (Å²) >= 11 is 1.42. The summed E-state index contributed by atoms with van der Waals surface area (Å²) < 4.78 is 7.46. The van der Waals surface area contributed by atoms with Gasteiger partial charge in [-0.2, -0.15) is 0 Å². The molecule has 2 aromatic heterocycles. The van der Waals surface area contributed by atoms with Crippen LogP contribution in [-0.4, -0.2) is 73.6 Å². The molecule has 0 unspecified atom stereocenters. The molecule has 0 aliphatic carbocycles. The second kappa shape index (κ2) is 5.99. The molecule has 25 heavy (non-hydrogen) atoms. The Labute approximate surface area is 148 Å². The number of aromatic nitrogens is 3. The van der Waals surface area contributed by atoms with Crippen molar-refractivity contribution in [2.45, 2.75) is 36.1 Å². The Bertz CT molecular complexity index is 811. The van der Waals surface area contributed by atoms with Crippen LogP contribution >= 0.6 is 11.8 Å². The van der Waals surface area contributed by atoms with E-state index in [-0.39, 0.29) is 6.61 Å². The smallest absolute Gasteiger partial charge is 0.191 e. The van der Waals surface area contributed by atoms with Crippen molar-refractivity contribution in [3.8, 4) is 0 Å². The van der Waals surface area contributed by atoms with E-state index in [4.69, 9.17) is 4.74 Å². The molecule has 0 aromatic carbocycles. The quantitative estimate of drug-likeness (QED) is 0.376. The lowest BCUT2D eigenvalue weighted by atomic mass is 9.96. The zero-order valence-corrected chi connectivity index (χ0v) is 14.7. The van der Waals surface area contributed by atoms with Crippen LogP contribution < -0.4 is 10.6 Å². The number of nitrogens with zero attached hydrogens (tertiary/aromatic N) is 3. The first-order valence-electron chi connectivity index (χ1n) is 8.08. The number of aliphatic hydroxyl groups excluding tert-OH is 2. The van der Waals surface area contributed by atoms with Crippen LogP contribution in [0.25, 0.3) is 11.0 Å². The molecule has 4 rings (SSSR count). The Morgan fingerprint density at radius 1 is 1.40 bits per heavy atom. The van der Waals surface area contributed by atoms with Crippen LogP contribution in [0.3, 0.4) is 0 Å². The number of nitrogens with one attached hydrogen (secondary N) is 2. The van der Waals surface area contributed by atoms with Gasteiger partial charge in [0.2, 0.25) is 0 Å². The highest BCUT2D eigenvalue weighted by atomic mass is 32.2. The predicted molar refractivity (Wildman–Crippen MR) is 93.9 cm³/mol. The molecule has 2 aliphatic rings. The first-order valence-corrected chi connectivity index (χ1v) is 9.31. The van der Waals surface area contributed by atoms with E-state index in [2.05, 4.69) is 20.6 Å². The number of anilines is 2. The molecule has 1 fully saturated rings. The number of rotatable bonds is 3. The van der Waals surface area contributed by atoms with Crippen LogP contribution in [0.5, 0.6) is 0 Å². The lowest BCUT2D eigenvalue weighted by Crippen LogP contribution is -2.44. The highest BCUT2D eigenvalue weighted by Gasteiger charge is 2.53. The standard InChI is InChI=1S/C15H21N5O4S/c1-15(23)10(22)8(6-21)24-13(15)20-5-7-9-11(17-4-3-16-7)18-14(25-2)19-12(9)20/h5,8,10,13,16,21-23H,3-4,6H2,1-2H3,(H,17,18,19)/t8-,10-,13-,15-/m1/s1. The molecular formula is C15H21N5O4S. The topological polar surface area (TPSA) is 125 Å². The van der Waals surface area contributed by atoms with Crippen molar-refractivity contribution in [2.24, 2.45) is 0 Å². The van der Waals surface area contributed by atoms with Gasteiger partial charge in [0.25, 0.3) is 0 Å². The summed E-state index contributed by atoms with van der Waals surface area (Å²) in [6.07, 6.45) is 0.760. The third kappa shape index (κ3) is 2.48. The van der Waals surface area contributed by atoms with Gasteiger partial charge in [-0.3, -0.25) is 0 Å². The van der Waals surface area contributed by atoms with Crippen LogP contribution in [0.15, 0.2) is 11.4 Å². The van der Waals surface area contributed by atoms with Gasteiger partial charge in [-0.05, 0) is 13.2 Å². The number of hydrogen-bond donors (Lipinski definition) is 5. The van der Waals surface area contributed by atoms with Crippen LogP contribution in [0.4, 0.5) is 11.5 Å². The maximum absolute atomic E-state index is 10.8. The lowest BCUT2D eigenvalue weighted by Gasteiger charge is -2.27. The zero-order valence-electron chi connectivity index (χ0n) is 13.9. The molecule has 0 bridgehead atoms. The molecule has 0 amide bonds. The normalized spacial score (nSPS) is 31.6. The Balaban J connectivity index is 1.91. The third-order valence-electron chi connectivity index (χ3n) is 4.75. The van der Waals surface area contributed by atoms with Crippen molar-refractivity contribution in [1.82, 2.24) is 14.5 Å². The molecule has 4 atom stereocenters. The fourth-order valence-electron chi connectivity index (χ4n) is 3.43. The fraction of sp³-hybridized carbons (Fsp3) is 0.600. The Morgan fingerprint density at radius 3 is 2.84 bits per heavy atom. The summed E-state index contributed by atoms with van der Waals surface area (Å²) in [7, 11) is 0. The molecule has 2 aliphatic heterocycles. The second-order valence-corrected chi connectivity index (χ2v) is 7.21. The van der Waals surface area contributed by atoms with E-state index in [0.29, 0.717) is 17.3 Å². The van der Waals surface area contributed by atoms with Crippen LogP contribution in [0.2, 0.25) is 0 Å². The number of hydrogen-bond acceptors (Lipinski definition) is 9. The Morgan fingerprint density at radius 2 is 2.16 bits per heavy atom. The summed E-state index contributed by atoms with van der Waals surface area (Å²) in [5.74, 6) is 0.727. The lowest BCUT2D eigenvalue weighted by molar-refractivity contribution is -0.0948. The van der Waals surface area contributed by atoms with E-state index in [1.807, 2.05) is 12.5 Å². The largest absolute Gasteiger partial charge is 0.394 e. The Kier molecular flexibility index (Phi) is 4.04. The fourth-order valence-corrected chi connectivity index (χ4v) is 3.79. The van der Waals surface area contributed by atoms with Gasteiger partial charge in [-0.1, -0.05) is 11.8 Å². The average molecular weight is 367 g/mol. The minimum Gasteiger partial charge on any atom is -0.394 e. The SMILES string of the molecule is CSc1nc2c3c(cn([C@@H]4O[C@H](CO)[C@@H](O)[C@@]4(C)O)c3n1)NCCN2. The molecule has 5 N–H and O–H groups in total. The van der Waals surface area contributed by atoms with E-state index in [9.17, 15) is 15.3 Å². The molecule has 0 spiro atoms. The maximum atomic E-state index is 10.8. The maximum Gasteiger partial charge on any atom is 0.191 e. The molecule has 0 saturated carbocycles. The second-order valence-electron chi connectivity index (χ2n) is 6.44. The summed E-state index contributed by atoms with van der Waals surface area (Å²) in [6.45, 7) is 2.57. The predicted octanol–water partition coefficient (Wildman–Crippen LogP) is -0.00780. The number of thioether (sulfide) groups is 1. The summed E-state index contributed by atoms with van der Waals surface area (Å²) in [5.41, 5.74) is -0.134. The number of ether oxygens (including phenoxy) is 1. The van der Waals surface area contributed by atoms with Gasteiger partial charge in [-0.25, -0.2) is 9.97 Å². The van der Waals surface area contributed by atoms with Gasteiger partial charge in [0.15, 0.2) is 17.0 Å². The van der Waals surface area contributed by atoms with Gasteiger partial charge in [0.1, 0.15) is 23.6 Å². The van der Waals surface area contributed by atoms with E-state index < -0.39 is 24.0 Å². The van der Waals surface area contributed by atoms with E-state index >= 15 is 0 Å². The minimum absolute atomic E-state index is 0.379. The summed E-state index contributed by atoms with van der Waals surface area (Å²) in [6, 6.07) is 0. The van der Waals surface area contributed by atoms with Crippen molar-refractivity contribution < 1.29 is 20.1 Å². The molecule has 0 radical (unpaired) electrons. The minimum atomic E-state index is -1.57. The molecule has 1 saturated heterocycles. The van der Waals surface area contributed by atoms with Crippen LogP contribution in [0.1, 0.15) is 13.2 Å². The molecule has 4 heterocycles.